The summed E-state index contributed by atoms with van der Waals surface area (Å²) in [6.45, 7) is 3.21. The molecule has 146 valence electrons. The summed E-state index contributed by atoms with van der Waals surface area (Å²) in [5.74, 6) is 0.0875. The first-order valence-corrected chi connectivity index (χ1v) is 10.2. The minimum absolute atomic E-state index is 0.0875. The van der Waals surface area contributed by atoms with Crippen LogP contribution in [0.4, 0.5) is 0 Å². The lowest BCUT2D eigenvalue weighted by molar-refractivity contribution is -0.127. The van der Waals surface area contributed by atoms with Gasteiger partial charge in [-0.1, -0.05) is 91.0 Å². The molecule has 3 aromatic rings. The zero-order valence-corrected chi connectivity index (χ0v) is 16.5. The third kappa shape index (κ3) is 4.82. The summed E-state index contributed by atoms with van der Waals surface area (Å²) in [4.78, 5) is 17.0. The van der Waals surface area contributed by atoms with Crippen LogP contribution >= 0.6 is 0 Å². The Balaban J connectivity index is 1.44. The van der Waals surface area contributed by atoms with Crippen molar-refractivity contribution < 1.29 is 4.79 Å². The van der Waals surface area contributed by atoms with E-state index >= 15 is 0 Å². The summed E-state index contributed by atoms with van der Waals surface area (Å²) >= 11 is 0. The number of rotatable bonds is 5. The Labute approximate surface area is 172 Å². The maximum Gasteiger partial charge on any atom is 0.246 e. The topological polar surface area (TPSA) is 23.6 Å². The average Bonchev–Trinajstić information content (AvgIpc) is 2.80. The molecule has 0 radical (unpaired) electrons. The van der Waals surface area contributed by atoms with Crippen molar-refractivity contribution in [1.29, 1.82) is 0 Å². The Morgan fingerprint density at radius 2 is 1.17 bits per heavy atom. The fourth-order valence-electron chi connectivity index (χ4n) is 3.92. The Bertz CT molecular complexity index is 891. The molecule has 0 saturated carbocycles. The van der Waals surface area contributed by atoms with E-state index in [1.54, 1.807) is 6.08 Å². The van der Waals surface area contributed by atoms with Crippen LogP contribution in [-0.2, 0) is 4.79 Å². The highest BCUT2D eigenvalue weighted by molar-refractivity contribution is 5.91. The van der Waals surface area contributed by atoms with Crippen molar-refractivity contribution >= 4 is 12.0 Å². The molecule has 1 amide bonds. The molecule has 1 saturated heterocycles. The number of carbonyl (C=O) groups excluding carboxylic acids is 1. The second-order valence-corrected chi connectivity index (χ2v) is 7.33. The molecule has 1 heterocycles. The van der Waals surface area contributed by atoms with Crippen LogP contribution in [0.3, 0.4) is 0 Å². The van der Waals surface area contributed by atoms with Gasteiger partial charge in [0.25, 0.3) is 0 Å². The first-order valence-electron chi connectivity index (χ1n) is 10.2. The molecule has 0 spiro atoms. The van der Waals surface area contributed by atoms with E-state index in [4.69, 9.17) is 0 Å². The lowest BCUT2D eigenvalue weighted by Gasteiger charge is -2.39. The molecule has 3 nitrogen and oxygen atoms in total. The third-order valence-electron chi connectivity index (χ3n) is 5.44. The van der Waals surface area contributed by atoms with E-state index in [1.807, 2.05) is 41.3 Å². The van der Waals surface area contributed by atoms with E-state index in [9.17, 15) is 4.79 Å². The second kappa shape index (κ2) is 9.35. The van der Waals surface area contributed by atoms with E-state index < -0.39 is 0 Å². The summed E-state index contributed by atoms with van der Waals surface area (Å²) < 4.78 is 0. The van der Waals surface area contributed by atoms with Crippen molar-refractivity contribution in [2.75, 3.05) is 26.2 Å². The Hall–Kier alpha value is -3.17. The van der Waals surface area contributed by atoms with Crippen LogP contribution in [0, 0.1) is 0 Å². The number of carbonyl (C=O) groups is 1. The van der Waals surface area contributed by atoms with Crippen molar-refractivity contribution in [3.63, 3.8) is 0 Å². The summed E-state index contributed by atoms with van der Waals surface area (Å²) in [6, 6.07) is 31.4. The van der Waals surface area contributed by atoms with Gasteiger partial charge in [0.1, 0.15) is 0 Å². The molecule has 29 heavy (non-hydrogen) atoms. The highest BCUT2D eigenvalue weighted by Crippen LogP contribution is 2.29. The standard InChI is InChI=1S/C26H26N2O/c29-25(17-16-22-10-4-1-5-11-22)27-18-20-28(21-19-27)26(23-12-6-2-7-13-23)24-14-8-3-9-15-24/h1-17,26H,18-21H2/b17-16-. The van der Waals surface area contributed by atoms with Crippen molar-refractivity contribution in [1.82, 2.24) is 9.80 Å². The zero-order chi connectivity index (χ0) is 19.9. The molecule has 4 rings (SSSR count). The van der Waals surface area contributed by atoms with Crippen molar-refractivity contribution in [2.45, 2.75) is 6.04 Å². The van der Waals surface area contributed by atoms with Crippen LogP contribution in [0.15, 0.2) is 97.1 Å². The van der Waals surface area contributed by atoms with Gasteiger partial charge in [0, 0.05) is 32.3 Å². The van der Waals surface area contributed by atoms with Gasteiger partial charge in [-0.2, -0.15) is 0 Å². The van der Waals surface area contributed by atoms with Crippen LogP contribution in [0.2, 0.25) is 0 Å². The Kier molecular flexibility index (Phi) is 6.18. The number of nitrogens with zero attached hydrogens (tertiary/aromatic N) is 2. The molecular weight excluding hydrogens is 356 g/mol. The van der Waals surface area contributed by atoms with Gasteiger partial charge in [-0.15, -0.1) is 0 Å². The van der Waals surface area contributed by atoms with E-state index in [-0.39, 0.29) is 11.9 Å². The van der Waals surface area contributed by atoms with E-state index in [0.717, 1.165) is 31.7 Å². The number of amides is 1. The fraction of sp³-hybridized carbons (Fsp3) is 0.192. The molecule has 0 atom stereocenters. The number of piperazine rings is 1. The number of benzene rings is 3. The monoisotopic (exact) mass is 382 g/mol. The van der Waals surface area contributed by atoms with Gasteiger partial charge in [0.15, 0.2) is 0 Å². The summed E-state index contributed by atoms with van der Waals surface area (Å²) in [6.07, 6.45) is 3.59. The van der Waals surface area contributed by atoms with Gasteiger partial charge in [0.2, 0.25) is 5.91 Å². The molecule has 3 aromatic carbocycles. The number of hydrogen-bond donors (Lipinski definition) is 0. The number of hydrogen-bond acceptors (Lipinski definition) is 2. The minimum Gasteiger partial charge on any atom is -0.337 e. The second-order valence-electron chi connectivity index (χ2n) is 7.33. The maximum absolute atomic E-state index is 12.6. The largest absolute Gasteiger partial charge is 0.337 e. The van der Waals surface area contributed by atoms with Crippen molar-refractivity contribution in [3.8, 4) is 0 Å². The van der Waals surface area contributed by atoms with Crippen LogP contribution in [-0.4, -0.2) is 41.9 Å². The summed E-state index contributed by atoms with van der Waals surface area (Å²) in [5.41, 5.74) is 3.64. The highest BCUT2D eigenvalue weighted by Gasteiger charge is 2.27. The quantitative estimate of drug-likeness (QED) is 0.601. The molecule has 0 aromatic heterocycles. The highest BCUT2D eigenvalue weighted by atomic mass is 16.2. The zero-order valence-electron chi connectivity index (χ0n) is 16.5. The van der Waals surface area contributed by atoms with Crippen molar-refractivity contribution in [2.24, 2.45) is 0 Å². The molecule has 0 bridgehead atoms. The molecule has 1 fully saturated rings. The smallest absolute Gasteiger partial charge is 0.246 e. The van der Waals surface area contributed by atoms with E-state index in [0.29, 0.717) is 0 Å². The predicted octanol–water partition coefficient (Wildman–Crippen LogP) is 4.63. The SMILES string of the molecule is O=C(/C=C\c1ccccc1)N1CCN(C(c2ccccc2)c2ccccc2)CC1. The lowest BCUT2D eigenvalue weighted by Crippen LogP contribution is -2.49. The molecule has 3 heteroatoms. The third-order valence-corrected chi connectivity index (χ3v) is 5.44. The maximum atomic E-state index is 12.6. The van der Waals surface area contributed by atoms with Crippen LogP contribution in [0.5, 0.6) is 0 Å². The van der Waals surface area contributed by atoms with E-state index in [1.165, 1.54) is 11.1 Å². The van der Waals surface area contributed by atoms with Gasteiger partial charge in [-0.25, -0.2) is 0 Å². The summed E-state index contributed by atoms with van der Waals surface area (Å²) in [7, 11) is 0. The molecule has 0 N–H and O–H groups in total. The molecule has 1 aliphatic heterocycles. The minimum atomic E-state index is 0.0875. The lowest BCUT2D eigenvalue weighted by atomic mass is 9.96. The van der Waals surface area contributed by atoms with Gasteiger partial charge in [-0.3, -0.25) is 9.69 Å². The molecule has 1 aliphatic rings. The Morgan fingerprint density at radius 1 is 0.690 bits per heavy atom. The van der Waals surface area contributed by atoms with Crippen LogP contribution in [0.1, 0.15) is 22.7 Å². The first-order chi connectivity index (χ1) is 14.3. The van der Waals surface area contributed by atoms with Crippen molar-refractivity contribution in [3.05, 3.63) is 114 Å². The first kappa shape index (κ1) is 19.2. The normalized spacial score (nSPS) is 15.1. The van der Waals surface area contributed by atoms with Gasteiger partial charge in [0.05, 0.1) is 6.04 Å². The average molecular weight is 383 g/mol. The summed E-state index contributed by atoms with van der Waals surface area (Å²) in [5, 5.41) is 0. The van der Waals surface area contributed by atoms with Gasteiger partial charge >= 0.3 is 0 Å². The molecular formula is C26H26N2O. The van der Waals surface area contributed by atoms with Gasteiger partial charge in [-0.05, 0) is 22.8 Å². The molecule has 0 aliphatic carbocycles. The van der Waals surface area contributed by atoms with Gasteiger partial charge < -0.3 is 4.90 Å². The Morgan fingerprint density at radius 3 is 1.69 bits per heavy atom. The fourth-order valence-corrected chi connectivity index (χ4v) is 3.92. The van der Waals surface area contributed by atoms with E-state index in [2.05, 4.69) is 65.6 Å². The van der Waals surface area contributed by atoms with Crippen LogP contribution in [0.25, 0.3) is 6.08 Å². The van der Waals surface area contributed by atoms with Crippen LogP contribution < -0.4 is 0 Å². The molecule has 0 unspecified atom stereocenters. The predicted molar refractivity (Wildman–Crippen MR) is 118 cm³/mol.